The molecule has 1 rings (SSSR count). The van der Waals surface area contributed by atoms with Crippen LogP contribution in [0.25, 0.3) is 0 Å². The Labute approximate surface area is 97.1 Å². The van der Waals surface area contributed by atoms with E-state index >= 15 is 0 Å². The van der Waals surface area contributed by atoms with Crippen molar-refractivity contribution in [1.82, 2.24) is 5.43 Å². The average molecular weight is 294 g/mol. The summed E-state index contributed by atoms with van der Waals surface area (Å²) in [5.41, 5.74) is 1.24. The Hall–Kier alpha value is -1.54. The molecule has 4 N–H and O–H groups in total. The molecule has 8 heteroatoms. The number of rotatable bonds is 1. The van der Waals surface area contributed by atoms with Gasteiger partial charge >= 0.3 is 11.8 Å². The van der Waals surface area contributed by atoms with Gasteiger partial charge < -0.3 is 5.32 Å². The van der Waals surface area contributed by atoms with Crippen molar-refractivity contribution in [3.63, 3.8) is 0 Å². The van der Waals surface area contributed by atoms with Crippen molar-refractivity contribution in [3.05, 3.63) is 28.2 Å². The molecule has 2 amide bonds. The fraction of sp³-hybridized carbons (Fsp3) is 0. The van der Waals surface area contributed by atoms with Crippen LogP contribution in [0.4, 0.5) is 14.5 Å². The average Bonchev–Trinajstić information content (AvgIpc) is 2.24. The zero-order chi connectivity index (χ0) is 12.3. The smallest absolute Gasteiger partial charge is 0.315 e. The minimum absolute atomic E-state index is 0.0441. The number of benzene rings is 1. The molecule has 1 aromatic carbocycles. The van der Waals surface area contributed by atoms with Gasteiger partial charge in [-0.2, -0.15) is 0 Å². The monoisotopic (exact) mass is 293 g/mol. The van der Waals surface area contributed by atoms with E-state index in [1.165, 1.54) is 0 Å². The Morgan fingerprint density at radius 1 is 1.19 bits per heavy atom. The van der Waals surface area contributed by atoms with Gasteiger partial charge in [-0.1, -0.05) is 0 Å². The third-order valence-electron chi connectivity index (χ3n) is 1.60. The van der Waals surface area contributed by atoms with Crippen LogP contribution in [0, 0.1) is 11.6 Å². The number of hydrazine groups is 1. The second-order valence-corrected chi connectivity index (χ2v) is 3.53. The first-order chi connectivity index (χ1) is 7.45. The summed E-state index contributed by atoms with van der Waals surface area (Å²) in [6.07, 6.45) is 0. The number of hydrogen-bond acceptors (Lipinski definition) is 3. The van der Waals surface area contributed by atoms with E-state index in [0.29, 0.717) is 6.07 Å². The number of carbonyl (C=O) groups excluding carboxylic acids is 2. The van der Waals surface area contributed by atoms with E-state index in [4.69, 9.17) is 5.84 Å². The molecule has 0 fully saturated rings. The molecule has 0 radical (unpaired) electrons. The minimum Gasteiger partial charge on any atom is -0.315 e. The number of halogens is 3. The number of nitrogens with two attached hydrogens (primary N) is 1. The molecule has 0 spiro atoms. The summed E-state index contributed by atoms with van der Waals surface area (Å²) in [6.45, 7) is 0. The third-order valence-corrected chi connectivity index (χ3v) is 2.20. The predicted octanol–water partition coefficient (Wildman–Crippen LogP) is 0.656. The van der Waals surface area contributed by atoms with Crippen LogP contribution < -0.4 is 16.6 Å². The first-order valence-electron chi connectivity index (χ1n) is 3.92. The fourth-order valence-corrected chi connectivity index (χ4v) is 1.21. The molecule has 5 nitrogen and oxygen atoms in total. The van der Waals surface area contributed by atoms with Gasteiger partial charge in [0, 0.05) is 6.07 Å². The van der Waals surface area contributed by atoms with Crippen molar-refractivity contribution in [2.24, 2.45) is 5.84 Å². The maximum Gasteiger partial charge on any atom is 0.323 e. The highest BCUT2D eigenvalue weighted by Gasteiger charge is 2.15. The zero-order valence-corrected chi connectivity index (χ0v) is 9.27. The summed E-state index contributed by atoms with van der Waals surface area (Å²) in [6, 6.07) is 1.56. The van der Waals surface area contributed by atoms with Crippen molar-refractivity contribution in [3.8, 4) is 0 Å². The molecule has 0 saturated heterocycles. The van der Waals surface area contributed by atoms with Gasteiger partial charge in [-0.3, -0.25) is 15.0 Å². The standard InChI is InChI=1S/C8H6BrF2N3O2/c9-3-1-6(5(11)2-4(3)10)13-7(15)8(16)14-12/h1-2H,12H2,(H,13,15)(H,14,16). The summed E-state index contributed by atoms with van der Waals surface area (Å²) in [4.78, 5) is 21.7. The minimum atomic E-state index is -1.15. The maximum absolute atomic E-state index is 13.1. The molecular weight excluding hydrogens is 288 g/mol. The Morgan fingerprint density at radius 2 is 1.81 bits per heavy atom. The molecular formula is C8H6BrF2N3O2. The summed E-state index contributed by atoms with van der Waals surface area (Å²) < 4.78 is 25.9. The van der Waals surface area contributed by atoms with Crippen LogP contribution >= 0.6 is 15.9 Å². The second-order valence-electron chi connectivity index (χ2n) is 2.67. The number of carbonyl (C=O) groups is 2. The molecule has 0 aliphatic rings. The fourth-order valence-electron chi connectivity index (χ4n) is 0.863. The summed E-state index contributed by atoms with van der Waals surface area (Å²) in [5.74, 6) is 0.582. The topological polar surface area (TPSA) is 84.2 Å². The Balaban J connectivity index is 2.94. The summed E-state index contributed by atoms with van der Waals surface area (Å²) in [5, 5.41) is 1.93. The van der Waals surface area contributed by atoms with Crippen molar-refractivity contribution in [2.45, 2.75) is 0 Å². The SMILES string of the molecule is NNC(=O)C(=O)Nc1cc(Br)c(F)cc1F. The number of anilines is 1. The van der Waals surface area contributed by atoms with Gasteiger partial charge in [0.2, 0.25) is 0 Å². The number of amides is 2. The quantitative estimate of drug-likeness (QED) is 0.234. The van der Waals surface area contributed by atoms with Gasteiger partial charge in [-0.15, -0.1) is 0 Å². The summed E-state index contributed by atoms with van der Waals surface area (Å²) >= 11 is 2.81. The van der Waals surface area contributed by atoms with Gasteiger partial charge in [0.15, 0.2) is 0 Å². The first-order valence-corrected chi connectivity index (χ1v) is 4.71. The van der Waals surface area contributed by atoms with Crippen LogP contribution in [-0.2, 0) is 9.59 Å². The molecule has 16 heavy (non-hydrogen) atoms. The van der Waals surface area contributed by atoms with Gasteiger partial charge in [0.25, 0.3) is 0 Å². The lowest BCUT2D eigenvalue weighted by atomic mass is 10.3. The number of hydrogen-bond donors (Lipinski definition) is 3. The van der Waals surface area contributed by atoms with Crippen LogP contribution in [0.5, 0.6) is 0 Å². The van der Waals surface area contributed by atoms with Crippen molar-refractivity contribution in [1.29, 1.82) is 0 Å². The van der Waals surface area contributed by atoms with Crippen molar-refractivity contribution in [2.75, 3.05) is 5.32 Å². The normalized spacial score (nSPS) is 9.75. The second kappa shape index (κ2) is 4.99. The van der Waals surface area contributed by atoms with E-state index in [0.717, 1.165) is 6.07 Å². The lowest BCUT2D eigenvalue weighted by Gasteiger charge is -2.06. The van der Waals surface area contributed by atoms with Crippen molar-refractivity contribution >= 4 is 33.4 Å². The van der Waals surface area contributed by atoms with E-state index in [-0.39, 0.29) is 10.2 Å². The molecule has 0 aromatic heterocycles. The summed E-state index contributed by atoms with van der Waals surface area (Å²) in [7, 11) is 0. The molecule has 0 aliphatic heterocycles. The largest absolute Gasteiger partial charge is 0.323 e. The van der Waals surface area contributed by atoms with Gasteiger partial charge in [-0.25, -0.2) is 14.6 Å². The Bertz CT molecular complexity index is 453. The van der Waals surface area contributed by atoms with Crippen LogP contribution in [0.2, 0.25) is 0 Å². The molecule has 0 atom stereocenters. The van der Waals surface area contributed by atoms with Crippen LogP contribution in [0.1, 0.15) is 0 Å². The van der Waals surface area contributed by atoms with E-state index in [1.54, 1.807) is 5.43 Å². The first kappa shape index (κ1) is 12.5. The zero-order valence-electron chi connectivity index (χ0n) is 7.68. The highest BCUT2D eigenvalue weighted by Crippen LogP contribution is 2.23. The van der Waals surface area contributed by atoms with Gasteiger partial charge in [-0.05, 0) is 22.0 Å². The molecule has 0 unspecified atom stereocenters. The molecule has 0 bridgehead atoms. The molecule has 86 valence electrons. The highest BCUT2D eigenvalue weighted by molar-refractivity contribution is 9.10. The number of nitrogens with one attached hydrogen (secondary N) is 2. The van der Waals surface area contributed by atoms with Crippen LogP contribution in [0.3, 0.4) is 0 Å². The maximum atomic E-state index is 13.1. The van der Waals surface area contributed by atoms with Gasteiger partial charge in [0.1, 0.15) is 11.6 Å². The van der Waals surface area contributed by atoms with E-state index in [2.05, 4.69) is 15.9 Å². The molecule has 0 heterocycles. The van der Waals surface area contributed by atoms with Crippen LogP contribution in [0.15, 0.2) is 16.6 Å². The Kier molecular flexibility index (Phi) is 3.91. The molecule has 1 aromatic rings. The highest BCUT2D eigenvalue weighted by atomic mass is 79.9. The Morgan fingerprint density at radius 3 is 2.38 bits per heavy atom. The molecule has 0 saturated carbocycles. The van der Waals surface area contributed by atoms with Crippen molar-refractivity contribution < 1.29 is 18.4 Å². The lowest BCUT2D eigenvalue weighted by Crippen LogP contribution is -2.39. The lowest BCUT2D eigenvalue weighted by molar-refractivity contribution is -0.136. The van der Waals surface area contributed by atoms with E-state index in [9.17, 15) is 18.4 Å². The predicted molar refractivity (Wildman–Crippen MR) is 55.0 cm³/mol. The molecule has 0 aliphatic carbocycles. The van der Waals surface area contributed by atoms with E-state index in [1.807, 2.05) is 5.32 Å². The third kappa shape index (κ3) is 2.74. The van der Waals surface area contributed by atoms with E-state index < -0.39 is 23.4 Å². The van der Waals surface area contributed by atoms with Gasteiger partial charge in [0.05, 0.1) is 10.2 Å². The van der Waals surface area contributed by atoms with Crippen LogP contribution in [-0.4, -0.2) is 11.8 Å².